The first kappa shape index (κ1) is 20.1. The van der Waals surface area contributed by atoms with Crippen molar-refractivity contribution in [1.82, 2.24) is 20.2 Å². The van der Waals surface area contributed by atoms with E-state index in [1.165, 1.54) is 59.4 Å². The number of nitrogens with zero attached hydrogens (tertiary/aromatic N) is 3. The van der Waals surface area contributed by atoms with E-state index in [4.69, 9.17) is 5.84 Å². The summed E-state index contributed by atoms with van der Waals surface area (Å²) in [7, 11) is 0. The lowest BCUT2D eigenvalue weighted by Gasteiger charge is -2.18. The van der Waals surface area contributed by atoms with Crippen LogP contribution in [0.5, 0.6) is 0 Å². The fraction of sp³-hybridized carbons (Fsp3) is 0.526. The van der Waals surface area contributed by atoms with Crippen molar-refractivity contribution >= 4 is 29.4 Å². The summed E-state index contributed by atoms with van der Waals surface area (Å²) in [5, 5.41) is 12.5. The number of thioether (sulfide) groups is 2. The molecule has 146 valence electrons. The molecule has 0 aliphatic heterocycles. The summed E-state index contributed by atoms with van der Waals surface area (Å²) >= 11 is 2.89. The van der Waals surface area contributed by atoms with Gasteiger partial charge in [0.05, 0.1) is 5.25 Å². The molecular formula is C19H27N5OS2. The molecule has 0 radical (unpaired) electrons. The van der Waals surface area contributed by atoms with E-state index in [2.05, 4.69) is 27.6 Å². The van der Waals surface area contributed by atoms with Gasteiger partial charge in [-0.25, -0.2) is 4.68 Å². The van der Waals surface area contributed by atoms with Crippen LogP contribution in [0.25, 0.3) is 0 Å². The van der Waals surface area contributed by atoms with Crippen LogP contribution in [0.1, 0.15) is 51.0 Å². The number of hydrogen-bond donors (Lipinski definition) is 2. The summed E-state index contributed by atoms with van der Waals surface area (Å²) in [6, 6.07) is 10.5. The number of hydrogen-bond acceptors (Lipinski definition) is 6. The molecule has 1 aromatic carbocycles. The van der Waals surface area contributed by atoms with Crippen LogP contribution in [-0.4, -0.2) is 32.1 Å². The molecule has 1 aliphatic rings. The molecule has 3 N–H and O–H groups in total. The van der Waals surface area contributed by atoms with Gasteiger partial charge in [-0.1, -0.05) is 79.5 Å². The predicted molar refractivity (Wildman–Crippen MR) is 111 cm³/mol. The van der Waals surface area contributed by atoms with Crippen molar-refractivity contribution in [2.75, 3.05) is 5.84 Å². The number of carbonyl (C=O) groups excluding carboxylic acids is 1. The number of nitrogens with two attached hydrogens (primary N) is 1. The molecule has 1 aromatic heterocycles. The Morgan fingerprint density at radius 2 is 1.85 bits per heavy atom. The van der Waals surface area contributed by atoms with Gasteiger partial charge in [-0.15, -0.1) is 10.2 Å². The molecule has 1 heterocycles. The summed E-state index contributed by atoms with van der Waals surface area (Å²) in [6.07, 6.45) is 7.11. The summed E-state index contributed by atoms with van der Waals surface area (Å²) in [5.74, 6) is 6.96. The molecule has 3 rings (SSSR count). The van der Waals surface area contributed by atoms with Gasteiger partial charge in [0.15, 0.2) is 0 Å². The predicted octanol–water partition coefficient (Wildman–Crippen LogP) is 3.60. The Morgan fingerprint density at radius 1 is 1.19 bits per heavy atom. The summed E-state index contributed by atoms with van der Waals surface area (Å²) < 4.78 is 1.48. The summed E-state index contributed by atoms with van der Waals surface area (Å²) in [6.45, 7) is 1.89. The van der Waals surface area contributed by atoms with Crippen LogP contribution in [0.3, 0.4) is 0 Å². The van der Waals surface area contributed by atoms with Gasteiger partial charge in [-0.05, 0) is 25.3 Å². The second kappa shape index (κ2) is 10.0. The molecule has 1 amide bonds. The average molecular weight is 406 g/mol. The van der Waals surface area contributed by atoms with Gasteiger partial charge in [-0.3, -0.25) is 4.79 Å². The highest BCUT2D eigenvalue weighted by Crippen LogP contribution is 2.26. The van der Waals surface area contributed by atoms with E-state index in [9.17, 15) is 4.79 Å². The minimum atomic E-state index is -0.258. The van der Waals surface area contributed by atoms with E-state index in [1.807, 2.05) is 25.1 Å². The maximum Gasteiger partial charge on any atom is 0.233 e. The minimum Gasteiger partial charge on any atom is -0.352 e. The number of rotatable bonds is 7. The monoisotopic (exact) mass is 405 g/mol. The number of nitrogen functional groups attached to an aromatic ring is 1. The van der Waals surface area contributed by atoms with Crippen molar-refractivity contribution in [3.63, 3.8) is 0 Å². The highest BCUT2D eigenvalue weighted by Gasteiger charge is 2.22. The van der Waals surface area contributed by atoms with Crippen LogP contribution < -0.4 is 11.2 Å². The van der Waals surface area contributed by atoms with E-state index in [-0.39, 0.29) is 11.2 Å². The minimum absolute atomic E-state index is 0.0494. The Bertz CT molecular complexity index is 729. The summed E-state index contributed by atoms with van der Waals surface area (Å²) in [4.78, 5) is 12.5. The van der Waals surface area contributed by atoms with Crippen molar-refractivity contribution in [2.24, 2.45) is 0 Å². The third-order valence-corrected chi connectivity index (χ3v) is 6.77. The maximum atomic E-state index is 12.5. The lowest BCUT2D eigenvalue weighted by atomic mass is 10.1. The Morgan fingerprint density at radius 3 is 2.56 bits per heavy atom. The highest BCUT2D eigenvalue weighted by molar-refractivity contribution is 8.00. The van der Waals surface area contributed by atoms with Crippen molar-refractivity contribution < 1.29 is 4.79 Å². The van der Waals surface area contributed by atoms with Crippen molar-refractivity contribution in [1.29, 1.82) is 0 Å². The first-order valence-corrected chi connectivity index (χ1v) is 11.3. The fourth-order valence-corrected chi connectivity index (χ4v) is 4.77. The largest absolute Gasteiger partial charge is 0.352 e. The van der Waals surface area contributed by atoms with Gasteiger partial charge in [0.2, 0.25) is 16.2 Å². The van der Waals surface area contributed by atoms with Gasteiger partial charge in [0.1, 0.15) is 0 Å². The Labute approximate surface area is 169 Å². The van der Waals surface area contributed by atoms with Crippen molar-refractivity contribution in [3.8, 4) is 0 Å². The van der Waals surface area contributed by atoms with Gasteiger partial charge >= 0.3 is 0 Å². The number of carbonyl (C=O) groups is 1. The topological polar surface area (TPSA) is 85.8 Å². The number of amides is 1. The molecule has 1 aliphatic carbocycles. The molecule has 1 atom stereocenters. The molecule has 0 saturated heterocycles. The van der Waals surface area contributed by atoms with Crippen LogP contribution >= 0.6 is 23.5 Å². The molecule has 1 fully saturated rings. The second-order valence-electron chi connectivity index (χ2n) is 6.87. The summed E-state index contributed by atoms with van der Waals surface area (Å²) in [5.41, 5.74) is 1.20. The van der Waals surface area contributed by atoms with Gasteiger partial charge in [-0.2, -0.15) is 0 Å². The molecule has 6 nitrogen and oxygen atoms in total. The van der Waals surface area contributed by atoms with Crippen LogP contribution in [0.15, 0.2) is 40.6 Å². The average Bonchev–Trinajstić information content (AvgIpc) is 2.87. The Hall–Kier alpha value is -1.67. The molecule has 0 unspecified atom stereocenters. The first-order chi connectivity index (χ1) is 13.1. The van der Waals surface area contributed by atoms with Crippen LogP contribution in [0.2, 0.25) is 0 Å². The fourth-order valence-electron chi connectivity index (χ4n) is 3.12. The normalized spacial score (nSPS) is 16.6. The zero-order valence-electron chi connectivity index (χ0n) is 15.6. The molecule has 1 saturated carbocycles. The maximum absolute atomic E-state index is 12.5. The number of aromatic nitrogens is 3. The molecule has 2 aromatic rings. The van der Waals surface area contributed by atoms with Gasteiger partial charge in [0.25, 0.3) is 0 Å². The van der Waals surface area contributed by atoms with Gasteiger partial charge in [0, 0.05) is 11.8 Å². The molecule has 0 spiro atoms. The number of benzene rings is 1. The Balaban J connectivity index is 1.52. The van der Waals surface area contributed by atoms with E-state index in [1.54, 1.807) is 0 Å². The van der Waals surface area contributed by atoms with Crippen LogP contribution in [0, 0.1) is 0 Å². The van der Waals surface area contributed by atoms with E-state index < -0.39 is 0 Å². The van der Waals surface area contributed by atoms with E-state index >= 15 is 0 Å². The molecular weight excluding hydrogens is 378 g/mol. The second-order valence-corrected chi connectivity index (χ2v) is 9.12. The SMILES string of the molecule is C[C@H](Sc1nnc(SCc2ccccc2)n1N)C(=O)NC1CCCCCC1. The zero-order valence-corrected chi connectivity index (χ0v) is 17.3. The molecule has 27 heavy (non-hydrogen) atoms. The third-order valence-electron chi connectivity index (χ3n) is 4.70. The third kappa shape index (κ3) is 5.90. The van der Waals surface area contributed by atoms with Crippen molar-refractivity contribution in [3.05, 3.63) is 35.9 Å². The molecule has 8 heteroatoms. The highest BCUT2D eigenvalue weighted by atomic mass is 32.2. The van der Waals surface area contributed by atoms with Crippen molar-refractivity contribution in [2.45, 2.75) is 72.8 Å². The number of nitrogens with one attached hydrogen (secondary N) is 1. The van der Waals surface area contributed by atoms with Crippen LogP contribution in [-0.2, 0) is 10.5 Å². The van der Waals surface area contributed by atoms with Crippen LogP contribution in [0.4, 0.5) is 0 Å². The van der Waals surface area contributed by atoms with Gasteiger partial charge < -0.3 is 11.2 Å². The lowest BCUT2D eigenvalue weighted by Crippen LogP contribution is -2.39. The molecule has 0 bridgehead atoms. The lowest BCUT2D eigenvalue weighted by molar-refractivity contribution is -0.121. The standard InChI is InChI=1S/C19H27N5OS2/c1-14(17(25)21-16-11-7-2-3-8-12-16)27-19-23-22-18(24(19)20)26-13-15-9-5-4-6-10-15/h4-6,9-10,14,16H,2-3,7-8,11-13,20H2,1H3,(H,21,25)/t14-/m0/s1. The quantitative estimate of drug-likeness (QED) is 0.416. The van der Waals surface area contributed by atoms with E-state index in [0.29, 0.717) is 16.4 Å². The van der Waals surface area contributed by atoms with E-state index in [0.717, 1.165) is 18.6 Å². The first-order valence-electron chi connectivity index (χ1n) is 9.47. The zero-order chi connectivity index (χ0) is 19.1. The smallest absolute Gasteiger partial charge is 0.233 e. The Kier molecular flexibility index (Phi) is 7.46.